The number of aryl methyl sites for hydroxylation is 1. The van der Waals surface area contributed by atoms with E-state index in [1.165, 1.54) is 12.1 Å². The van der Waals surface area contributed by atoms with E-state index in [2.05, 4.69) is 28.7 Å². The average molecular weight is 437 g/mol. The van der Waals surface area contributed by atoms with Crippen molar-refractivity contribution < 1.29 is 13.2 Å². The highest BCUT2D eigenvalue weighted by Gasteiger charge is 2.19. The van der Waals surface area contributed by atoms with Gasteiger partial charge >= 0.3 is 0 Å². The summed E-state index contributed by atoms with van der Waals surface area (Å²) in [5, 5.41) is 5.38. The molecule has 0 aliphatic carbocycles. The summed E-state index contributed by atoms with van der Waals surface area (Å²) >= 11 is 0. The molecule has 0 aliphatic rings. The van der Waals surface area contributed by atoms with Crippen molar-refractivity contribution in [1.82, 2.24) is 14.8 Å². The first-order valence-corrected chi connectivity index (χ1v) is 11.5. The molecule has 2 heterocycles. The number of nitrogens with zero attached hydrogens (tertiary/aromatic N) is 3. The van der Waals surface area contributed by atoms with Gasteiger partial charge in [-0.25, -0.2) is 13.1 Å². The van der Waals surface area contributed by atoms with Gasteiger partial charge in [-0.05, 0) is 61.4 Å². The zero-order valence-electron chi connectivity index (χ0n) is 17.6. The largest absolute Gasteiger partial charge is 0.493 e. The van der Waals surface area contributed by atoms with Gasteiger partial charge in [0, 0.05) is 17.6 Å². The van der Waals surface area contributed by atoms with Gasteiger partial charge in [0.2, 0.25) is 0 Å². The quantitative estimate of drug-likeness (QED) is 0.459. The van der Waals surface area contributed by atoms with Gasteiger partial charge in [-0.3, -0.25) is 9.71 Å². The third-order valence-electron chi connectivity index (χ3n) is 4.64. The summed E-state index contributed by atoms with van der Waals surface area (Å²) in [6, 6.07) is 17.5. The molecule has 0 radical (unpaired) electrons. The molecule has 2 aromatic carbocycles. The topological polar surface area (TPSA) is 86.1 Å². The molecule has 0 bridgehead atoms. The molecule has 0 spiro atoms. The zero-order valence-corrected chi connectivity index (χ0v) is 18.4. The molecule has 0 aliphatic heterocycles. The highest BCUT2D eigenvalue weighted by molar-refractivity contribution is 7.92. The van der Waals surface area contributed by atoms with Gasteiger partial charge in [-0.15, -0.1) is 0 Å². The van der Waals surface area contributed by atoms with Crippen molar-refractivity contribution >= 4 is 26.7 Å². The summed E-state index contributed by atoms with van der Waals surface area (Å²) in [6.45, 7) is 6.50. The maximum absolute atomic E-state index is 13.0. The van der Waals surface area contributed by atoms with Gasteiger partial charge in [0.1, 0.15) is 11.6 Å². The lowest BCUT2D eigenvalue weighted by Gasteiger charge is -2.13. The molecule has 4 rings (SSSR count). The SMILES string of the molecule is Cc1cc(NS(=O)(=O)c2ccc(OCC(C)C)cc2)n(-c2cccc3ncccc23)n1. The molecule has 8 heteroatoms. The number of benzene rings is 2. The first kappa shape index (κ1) is 20.9. The predicted octanol–water partition coefficient (Wildman–Crippen LogP) is 4.56. The summed E-state index contributed by atoms with van der Waals surface area (Å²) in [6.07, 6.45) is 1.72. The fourth-order valence-electron chi connectivity index (χ4n) is 3.20. The second-order valence-electron chi connectivity index (χ2n) is 7.71. The fraction of sp³-hybridized carbons (Fsp3) is 0.217. The number of pyridine rings is 1. The Bertz CT molecular complexity index is 1310. The number of hydrogen-bond donors (Lipinski definition) is 1. The number of rotatable bonds is 7. The van der Waals surface area contributed by atoms with Gasteiger partial charge in [0.25, 0.3) is 10.0 Å². The van der Waals surface area contributed by atoms with Crippen LogP contribution in [0, 0.1) is 12.8 Å². The van der Waals surface area contributed by atoms with Gasteiger partial charge in [0.05, 0.1) is 28.4 Å². The molecule has 0 unspecified atom stereocenters. The number of nitrogens with one attached hydrogen (secondary N) is 1. The number of anilines is 1. The van der Waals surface area contributed by atoms with E-state index in [9.17, 15) is 8.42 Å². The Morgan fingerprint density at radius 3 is 2.58 bits per heavy atom. The summed E-state index contributed by atoms with van der Waals surface area (Å²) < 4.78 is 36.0. The Kier molecular flexibility index (Phi) is 5.65. The summed E-state index contributed by atoms with van der Waals surface area (Å²) in [7, 11) is -3.81. The number of aromatic nitrogens is 3. The van der Waals surface area contributed by atoms with Crippen LogP contribution in [0.25, 0.3) is 16.6 Å². The third kappa shape index (κ3) is 4.54. The van der Waals surface area contributed by atoms with Crippen LogP contribution in [-0.4, -0.2) is 29.8 Å². The number of sulfonamides is 1. The smallest absolute Gasteiger partial charge is 0.263 e. The van der Waals surface area contributed by atoms with E-state index in [1.54, 1.807) is 29.1 Å². The molecule has 4 aromatic rings. The van der Waals surface area contributed by atoms with E-state index in [-0.39, 0.29) is 4.90 Å². The van der Waals surface area contributed by atoms with Crippen molar-refractivity contribution in [2.75, 3.05) is 11.3 Å². The third-order valence-corrected chi connectivity index (χ3v) is 6.01. The molecule has 1 N–H and O–H groups in total. The van der Waals surface area contributed by atoms with E-state index >= 15 is 0 Å². The predicted molar refractivity (Wildman–Crippen MR) is 121 cm³/mol. The molecule has 0 saturated carbocycles. The van der Waals surface area contributed by atoms with Crippen LogP contribution in [0.5, 0.6) is 5.75 Å². The normalized spacial score (nSPS) is 11.7. The van der Waals surface area contributed by atoms with Gasteiger partial charge in [-0.2, -0.15) is 5.10 Å². The first-order chi connectivity index (χ1) is 14.8. The summed E-state index contributed by atoms with van der Waals surface area (Å²) in [5.74, 6) is 1.38. The minimum Gasteiger partial charge on any atom is -0.493 e. The molecule has 160 valence electrons. The molecule has 31 heavy (non-hydrogen) atoms. The second kappa shape index (κ2) is 8.39. The minimum absolute atomic E-state index is 0.148. The molecule has 0 amide bonds. The molecule has 7 nitrogen and oxygen atoms in total. The Morgan fingerprint density at radius 1 is 1.06 bits per heavy atom. The number of hydrogen-bond acceptors (Lipinski definition) is 5. The van der Waals surface area contributed by atoms with Crippen molar-refractivity contribution in [1.29, 1.82) is 0 Å². The second-order valence-corrected chi connectivity index (χ2v) is 9.39. The minimum atomic E-state index is -3.81. The van der Waals surface area contributed by atoms with Crippen molar-refractivity contribution in [2.45, 2.75) is 25.7 Å². The van der Waals surface area contributed by atoms with Crippen molar-refractivity contribution in [3.05, 3.63) is 72.6 Å². The summed E-state index contributed by atoms with van der Waals surface area (Å²) in [5.41, 5.74) is 2.24. The van der Waals surface area contributed by atoms with Crippen LogP contribution >= 0.6 is 0 Å². The van der Waals surface area contributed by atoms with Crippen LogP contribution in [0.2, 0.25) is 0 Å². The number of ether oxygens (including phenoxy) is 1. The first-order valence-electron chi connectivity index (χ1n) is 10.00. The Hall–Kier alpha value is -3.39. The molecule has 0 atom stereocenters. The van der Waals surface area contributed by atoms with Crippen LogP contribution in [0.3, 0.4) is 0 Å². The Labute approximate surface area is 181 Å². The van der Waals surface area contributed by atoms with Crippen LogP contribution in [0.1, 0.15) is 19.5 Å². The Balaban J connectivity index is 1.66. The van der Waals surface area contributed by atoms with Gasteiger partial charge < -0.3 is 4.74 Å². The van der Waals surface area contributed by atoms with E-state index in [1.807, 2.05) is 37.3 Å². The highest BCUT2D eigenvalue weighted by Crippen LogP contribution is 2.26. The van der Waals surface area contributed by atoms with Crippen LogP contribution < -0.4 is 9.46 Å². The lowest BCUT2D eigenvalue weighted by Crippen LogP contribution is -2.16. The van der Waals surface area contributed by atoms with E-state index in [4.69, 9.17) is 4.74 Å². The standard InChI is InChI=1S/C23H24N4O3S/c1-16(2)15-30-18-9-11-19(12-10-18)31(28,29)26-23-14-17(3)25-27(23)22-8-4-7-21-20(22)6-5-13-24-21/h4-14,16,26H,15H2,1-3H3. The van der Waals surface area contributed by atoms with Crippen molar-refractivity contribution in [2.24, 2.45) is 5.92 Å². The monoisotopic (exact) mass is 436 g/mol. The van der Waals surface area contributed by atoms with E-state index in [0.717, 1.165) is 16.6 Å². The maximum atomic E-state index is 13.0. The average Bonchev–Trinajstić information content (AvgIpc) is 3.11. The molecule has 2 aromatic heterocycles. The molecular formula is C23H24N4O3S. The maximum Gasteiger partial charge on any atom is 0.263 e. The lowest BCUT2D eigenvalue weighted by molar-refractivity contribution is 0.271. The summed E-state index contributed by atoms with van der Waals surface area (Å²) in [4.78, 5) is 4.52. The molecular weight excluding hydrogens is 412 g/mol. The Morgan fingerprint density at radius 2 is 1.84 bits per heavy atom. The lowest BCUT2D eigenvalue weighted by atomic mass is 10.2. The van der Waals surface area contributed by atoms with Crippen molar-refractivity contribution in [3.8, 4) is 11.4 Å². The fourth-order valence-corrected chi connectivity index (χ4v) is 4.24. The van der Waals surface area contributed by atoms with Crippen molar-refractivity contribution in [3.63, 3.8) is 0 Å². The van der Waals surface area contributed by atoms with Gasteiger partial charge in [0.15, 0.2) is 0 Å². The van der Waals surface area contributed by atoms with Crippen LogP contribution in [0.4, 0.5) is 5.82 Å². The molecule has 0 saturated heterocycles. The number of fused-ring (bicyclic) bond motifs is 1. The molecule has 0 fully saturated rings. The highest BCUT2D eigenvalue weighted by atomic mass is 32.2. The zero-order chi connectivity index (χ0) is 22.0. The van der Waals surface area contributed by atoms with Crippen LogP contribution in [0.15, 0.2) is 71.8 Å². The van der Waals surface area contributed by atoms with Crippen LogP contribution in [-0.2, 0) is 10.0 Å². The van der Waals surface area contributed by atoms with Gasteiger partial charge in [-0.1, -0.05) is 19.9 Å². The van der Waals surface area contributed by atoms with E-state index < -0.39 is 10.0 Å². The van der Waals surface area contributed by atoms with E-state index in [0.29, 0.717) is 29.8 Å².